The molecule has 1 saturated heterocycles. The number of aromatic amines is 1. The van der Waals surface area contributed by atoms with Gasteiger partial charge in [0.15, 0.2) is 0 Å². The van der Waals surface area contributed by atoms with Crippen molar-refractivity contribution in [2.45, 2.75) is 0 Å². The second kappa shape index (κ2) is 10.3. The van der Waals surface area contributed by atoms with Crippen LogP contribution in [0.25, 0.3) is 22.5 Å². The van der Waals surface area contributed by atoms with Gasteiger partial charge in [-0.1, -0.05) is 11.6 Å². The maximum atomic E-state index is 14.6. The maximum Gasteiger partial charge on any atom is 0.323 e. The molecule has 0 saturated carbocycles. The Kier molecular flexibility index (Phi) is 6.79. The van der Waals surface area contributed by atoms with Crippen molar-refractivity contribution in [2.24, 2.45) is 0 Å². The number of anilines is 3. The van der Waals surface area contributed by atoms with Crippen LogP contribution in [0.15, 0.2) is 60.9 Å². The molecule has 0 radical (unpaired) electrons. The van der Waals surface area contributed by atoms with Gasteiger partial charge in [-0.05, 0) is 48.5 Å². The molecule has 0 aliphatic carbocycles. The van der Waals surface area contributed by atoms with Crippen LogP contribution >= 0.6 is 11.6 Å². The first kappa shape index (κ1) is 23.7. The highest BCUT2D eigenvalue weighted by atomic mass is 35.5. The van der Waals surface area contributed by atoms with E-state index in [9.17, 15) is 13.6 Å². The fourth-order valence-corrected chi connectivity index (χ4v) is 4.02. The number of hydrogen-bond donors (Lipinski definition) is 3. The van der Waals surface area contributed by atoms with Crippen molar-refractivity contribution in [1.29, 1.82) is 0 Å². The average molecular weight is 511 g/mol. The van der Waals surface area contributed by atoms with Crippen molar-refractivity contribution < 1.29 is 18.3 Å². The summed E-state index contributed by atoms with van der Waals surface area (Å²) in [5.74, 6) is -0.698. The number of nitrogens with one attached hydrogen (secondary N) is 3. The van der Waals surface area contributed by atoms with Crippen LogP contribution in [0.4, 0.5) is 30.9 Å². The molecule has 0 spiro atoms. The third-order valence-corrected chi connectivity index (χ3v) is 5.87. The van der Waals surface area contributed by atoms with E-state index in [0.29, 0.717) is 43.5 Å². The van der Waals surface area contributed by atoms with Crippen molar-refractivity contribution in [2.75, 3.05) is 41.8 Å². The molecular weight excluding hydrogens is 490 g/mol. The van der Waals surface area contributed by atoms with E-state index >= 15 is 0 Å². The van der Waals surface area contributed by atoms with Crippen LogP contribution in [0, 0.1) is 11.6 Å². The number of H-pyrrole nitrogens is 1. The molecule has 0 bridgehead atoms. The summed E-state index contributed by atoms with van der Waals surface area (Å²) in [5.41, 5.74) is 2.56. The number of amides is 2. The molecule has 184 valence electrons. The Morgan fingerprint density at radius 1 is 0.944 bits per heavy atom. The normalized spacial score (nSPS) is 13.5. The highest BCUT2D eigenvalue weighted by Gasteiger charge is 2.21. The van der Waals surface area contributed by atoms with Crippen molar-refractivity contribution >= 4 is 35.0 Å². The van der Waals surface area contributed by atoms with Gasteiger partial charge in [-0.15, -0.1) is 0 Å². The molecule has 8 nitrogen and oxygen atoms in total. The molecule has 11 heteroatoms. The van der Waals surface area contributed by atoms with Crippen molar-refractivity contribution in [3.63, 3.8) is 0 Å². The number of rotatable bonds is 5. The van der Waals surface area contributed by atoms with Gasteiger partial charge in [0, 0.05) is 41.6 Å². The third-order valence-electron chi connectivity index (χ3n) is 5.64. The second-order valence-electron chi connectivity index (χ2n) is 8.02. The first-order chi connectivity index (χ1) is 17.5. The van der Waals surface area contributed by atoms with Gasteiger partial charge in [0.25, 0.3) is 0 Å². The molecule has 36 heavy (non-hydrogen) atoms. The van der Waals surface area contributed by atoms with Gasteiger partial charge in [-0.2, -0.15) is 0 Å². The highest BCUT2D eigenvalue weighted by Crippen LogP contribution is 2.34. The fraction of sp³-hybridized carbons (Fsp3) is 0.160. The molecule has 2 amide bonds. The number of carbonyl (C=O) groups is 1. The molecule has 1 aliphatic heterocycles. The summed E-state index contributed by atoms with van der Waals surface area (Å²) in [6.45, 7) is 2.55. The lowest BCUT2D eigenvalue weighted by Gasteiger charge is -2.26. The summed E-state index contributed by atoms with van der Waals surface area (Å²) in [5, 5.41) is 4.99. The smallest absolute Gasteiger partial charge is 0.323 e. The summed E-state index contributed by atoms with van der Waals surface area (Å²) < 4.78 is 34.1. The van der Waals surface area contributed by atoms with Gasteiger partial charge in [0.2, 0.25) is 5.95 Å². The minimum absolute atomic E-state index is 0.0871. The highest BCUT2D eigenvalue weighted by molar-refractivity contribution is 6.30. The lowest BCUT2D eigenvalue weighted by atomic mass is 10.1. The summed E-state index contributed by atoms with van der Waals surface area (Å²) in [4.78, 5) is 26.8. The van der Waals surface area contributed by atoms with Crippen LogP contribution < -0.4 is 15.5 Å². The SMILES string of the molecule is O=C(Nc1ccc(Cl)cc1F)Nc1cc(-c2nc(N3CCOCC3)[nH]c2-c2ccncc2)ccc1F. The van der Waals surface area contributed by atoms with Gasteiger partial charge in [-0.25, -0.2) is 18.6 Å². The number of ether oxygens (including phenoxy) is 1. The molecule has 2 aromatic heterocycles. The molecule has 5 rings (SSSR count). The van der Waals surface area contributed by atoms with E-state index < -0.39 is 17.7 Å². The quantitative estimate of drug-likeness (QED) is 0.327. The molecule has 4 aromatic rings. The topological polar surface area (TPSA) is 95.2 Å². The van der Waals surface area contributed by atoms with E-state index in [1.54, 1.807) is 18.5 Å². The first-order valence-electron chi connectivity index (χ1n) is 11.1. The van der Waals surface area contributed by atoms with Gasteiger partial charge < -0.3 is 25.3 Å². The Labute approximate surface area is 210 Å². The number of pyridine rings is 1. The lowest BCUT2D eigenvalue weighted by molar-refractivity contribution is 0.122. The number of imidazole rings is 1. The molecule has 3 N–H and O–H groups in total. The first-order valence-corrected chi connectivity index (χ1v) is 11.5. The summed E-state index contributed by atoms with van der Waals surface area (Å²) in [6.07, 6.45) is 3.35. The minimum Gasteiger partial charge on any atom is -0.378 e. The van der Waals surface area contributed by atoms with Gasteiger partial charge in [-0.3, -0.25) is 4.98 Å². The molecule has 0 atom stereocenters. The Hall–Kier alpha value is -4.02. The van der Waals surface area contributed by atoms with Gasteiger partial charge >= 0.3 is 6.03 Å². The molecule has 2 aromatic carbocycles. The van der Waals surface area contributed by atoms with E-state index in [4.69, 9.17) is 21.3 Å². The van der Waals surface area contributed by atoms with Crippen molar-refractivity contribution in [3.05, 3.63) is 77.6 Å². The van der Waals surface area contributed by atoms with Crippen LogP contribution in [0.3, 0.4) is 0 Å². The number of benzene rings is 2. The summed E-state index contributed by atoms with van der Waals surface area (Å²) in [6, 6.07) is 11.0. The maximum absolute atomic E-state index is 14.6. The molecule has 1 fully saturated rings. The van der Waals surface area contributed by atoms with E-state index in [1.807, 2.05) is 12.1 Å². The lowest BCUT2D eigenvalue weighted by Crippen LogP contribution is -2.36. The monoisotopic (exact) mass is 510 g/mol. The number of carbonyl (C=O) groups excluding carboxylic acids is 1. The van der Waals surface area contributed by atoms with Crippen molar-refractivity contribution in [1.82, 2.24) is 15.0 Å². The Balaban J connectivity index is 1.46. The zero-order chi connectivity index (χ0) is 25.1. The molecule has 3 heterocycles. The van der Waals surface area contributed by atoms with E-state index in [0.717, 1.165) is 17.3 Å². The van der Waals surface area contributed by atoms with Gasteiger partial charge in [0.05, 0.1) is 36.0 Å². The number of halogens is 3. The number of aromatic nitrogens is 3. The number of morpholine rings is 1. The summed E-state index contributed by atoms with van der Waals surface area (Å²) >= 11 is 5.75. The second-order valence-corrected chi connectivity index (χ2v) is 8.45. The summed E-state index contributed by atoms with van der Waals surface area (Å²) in [7, 11) is 0. The number of hydrogen-bond acceptors (Lipinski definition) is 5. The number of urea groups is 1. The Bertz CT molecular complexity index is 1390. The third kappa shape index (κ3) is 5.14. The predicted molar refractivity (Wildman–Crippen MR) is 134 cm³/mol. The predicted octanol–water partition coefficient (Wildman–Crippen LogP) is 5.55. The van der Waals surface area contributed by atoms with Crippen molar-refractivity contribution in [3.8, 4) is 22.5 Å². The largest absolute Gasteiger partial charge is 0.378 e. The average Bonchev–Trinajstić information content (AvgIpc) is 3.34. The zero-order valence-electron chi connectivity index (χ0n) is 18.9. The minimum atomic E-state index is -0.808. The van der Waals surface area contributed by atoms with Crippen LogP contribution in [-0.4, -0.2) is 47.3 Å². The Morgan fingerprint density at radius 2 is 1.69 bits per heavy atom. The fourth-order valence-electron chi connectivity index (χ4n) is 3.86. The molecule has 0 unspecified atom stereocenters. The Morgan fingerprint density at radius 3 is 2.44 bits per heavy atom. The standard InChI is InChI=1S/C25H21ClF2N6O2/c26-17-2-4-20(19(28)14-17)30-25(35)31-21-13-16(1-3-18(21)27)23-22(15-5-7-29-8-6-15)32-24(33-23)34-9-11-36-12-10-34/h1-8,13-14H,9-12H2,(H,32,33)(H2,30,31,35). The van der Waals surface area contributed by atoms with Gasteiger partial charge in [0.1, 0.15) is 11.6 Å². The van der Waals surface area contributed by atoms with E-state index in [-0.39, 0.29) is 16.4 Å². The van der Waals surface area contributed by atoms with Crippen LogP contribution in [-0.2, 0) is 4.74 Å². The van der Waals surface area contributed by atoms with Crippen LogP contribution in [0.5, 0.6) is 0 Å². The number of nitrogens with zero attached hydrogens (tertiary/aromatic N) is 3. The van der Waals surface area contributed by atoms with Crippen LogP contribution in [0.2, 0.25) is 5.02 Å². The van der Waals surface area contributed by atoms with E-state index in [1.165, 1.54) is 24.3 Å². The van der Waals surface area contributed by atoms with Crippen LogP contribution in [0.1, 0.15) is 0 Å². The molecule has 1 aliphatic rings. The molecular formula is C25H21ClF2N6O2. The van der Waals surface area contributed by atoms with E-state index in [2.05, 4.69) is 25.5 Å². The zero-order valence-corrected chi connectivity index (χ0v) is 19.6.